The molecule has 5 atom stereocenters. The Morgan fingerprint density at radius 2 is 1.91 bits per heavy atom. The van der Waals surface area contributed by atoms with E-state index in [1.807, 2.05) is 30.3 Å². The maximum Gasteiger partial charge on any atom is 0.312 e. The standard InChI is InChI=1S/C34H36F2N2O5S/c1-42-32(41)34-18-23(34)10-6-4-2-3-5-9-22(13-21-14-24(35)16-25(36)15-21)31(40)38-20-26(17-28(38)29(39)19-34)43-33-37-27-11-7-8-12-30(27)44-33/h6-8,10-12,14-16,22-23,26,28H,2-5,9,13,17-20H2,1H3/b10-6-/t22-,23-,26-,28+,34-/m1/s1. The van der Waals surface area contributed by atoms with E-state index in [0.717, 1.165) is 42.0 Å². The first-order valence-electron chi connectivity index (χ1n) is 15.3. The number of halogens is 2. The van der Waals surface area contributed by atoms with Crippen LogP contribution in [0.5, 0.6) is 5.19 Å². The summed E-state index contributed by atoms with van der Waals surface area (Å²) in [5, 5.41) is 0.462. The molecule has 0 bridgehead atoms. The molecule has 2 aromatic carbocycles. The Kier molecular flexibility index (Phi) is 8.80. The van der Waals surface area contributed by atoms with Gasteiger partial charge in [0.05, 0.1) is 35.3 Å². The predicted molar refractivity (Wildman–Crippen MR) is 162 cm³/mol. The molecule has 1 saturated heterocycles. The Balaban J connectivity index is 1.30. The summed E-state index contributed by atoms with van der Waals surface area (Å²) in [5.41, 5.74) is 0.279. The van der Waals surface area contributed by atoms with Crippen LogP contribution >= 0.6 is 11.3 Å². The number of Topliss-reactive ketones (excluding diaryl/α,β-unsaturated/α-hetero) is 1. The number of ketones is 1. The van der Waals surface area contributed by atoms with E-state index in [-0.39, 0.29) is 43.4 Å². The van der Waals surface area contributed by atoms with Crippen molar-refractivity contribution in [3.05, 3.63) is 71.8 Å². The monoisotopic (exact) mass is 622 g/mol. The normalized spacial score (nSPS) is 28.5. The maximum absolute atomic E-state index is 14.3. The second-order valence-corrected chi connectivity index (χ2v) is 13.3. The number of allylic oxidation sites excluding steroid dienone is 2. The number of rotatable bonds is 5. The van der Waals surface area contributed by atoms with E-state index in [1.165, 1.54) is 30.6 Å². The molecule has 232 valence electrons. The van der Waals surface area contributed by atoms with Crippen molar-refractivity contribution in [3.8, 4) is 5.19 Å². The first-order chi connectivity index (χ1) is 21.3. The van der Waals surface area contributed by atoms with Gasteiger partial charge in [-0.15, -0.1) is 0 Å². The highest BCUT2D eigenvalue weighted by Gasteiger charge is 2.61. The number of benzene rings is 2. The number of amides is 1. The van der Waals surface area contributed by atoms with Gasteiger partial charge in [-0.3, -0.25) is 14.4 Å². The zero-order valence-electron chi connectivity index (χ0n) is 24.7. The van der Waals surface area contributed by atoms with Gasteiger partial charge in [-0.05, 0) is 67.9 Å². The summed E-state index contributed by atoms with van der Waals surface area (Å²) in [4.78, 5) is 47.4. The van der Waals surface area contributed by atoms with Crippen molar-refractivity contribution >= 4 is 39.2 Å². The maximum atomic E-state index is 14.3. The van der Waals surface area contributed by atoms with Crippen LogP contribution in [0.15, 0.2) is 54.6 Å². The fourth-order valence-electron chi connectivity index (χ4n) is 6.85. The molecule has 1 aromatic heterocycles. The number of carbonyl (C=O) groups is 3. The lowest BCUT2D eigenvalue weighted by atomic mass is 9.90. The molecule has 7 nitrogen and oxygen atoms in total. The summed E-state index contributed by atoms with van der Waals surface area (Å²) in [5.74, 6) is -2.90. The SMILES string of the molecule is COC(=O)[C@]12CC(=O)[C@@H]3C[C@@H](Oc4nc5ccccc5s4)CN3C(=O)[C@@H](Cc3cc(F)cc(F)c3)CCCCC/C=C\[C@@H]1C2. The van der Waals surface area contributed by atoms with Gasteiger partial charge in [-0.1, -0.05) is 48.5 Å². The van der Waals surface area contributed by atoms with Crippen LogP contribution in [0.25, 0.3) is 10.2 Å². The fourth-order valence-corrected chi connectivity index (χ4v) is 7.74. The third-order valence-electron chi connectivity index (χ3n) is 9.22. The number of hydrogen-bond donors (Lipinski definition) is 0. The third-order valence-corrected chi connectivity index (χ3v) is 10.1. The van der Waals surface area contributed by atoms with E-state index in [0.29, 0.717) is 23.6 Å². The molecule has 44 heavy (non-hydrogen) atoms. The minimum Gasteiger partial charge on any atom is -0.469 e. The van der Waals surface area contributed by atoms with Crippen molar-refractivity contribution < 1.29 is 32.6 Å². The van der Waals surface area contributed by atoms with E-state index in [2.05, 4.69) is 11.1 Å². The Morgan fingerprint density at radius 3 is 2.68 bits per heavy atom. The molecule has 6 rings (SSSR count). The molecule has 10 heteroatoms. The van der Waals surface area contributed by atoms with Crippen LogP contribution in [-0.4, -0.2) is 53.3 Å². The lowest BCUT2D eigenvalue weighted by Crippen LogP contribution is -2.45. The van der Waals surface area contributed by atoms with Crippen molar-refractivity contribution in [3.63, 3.8) is 0 Å². The number of nitrogens with zero attached hydrogens (tertiary/aromatic N) is 2. The average molecular weight is 623 g/mol. The summed E-state index contributed by atoms with van der Waals surface area (Å²) < 4.78 is 40.6. The first kappa shape index (κ1) is 30.4. The smallest absolute Gasteiger partial charge is 0.312 e. The van der Waals surface area contributed by atoms with Gasteiger partial charge in [0.1, 0.15) is 17.7 Å². The van der Waals surface area contributed by atoms with Crippen molar-refractivity contribution in [2.24, 2.45) is 17.3 Å². The number of hydrogen-bond acceptors (Lipinski definition) is 7. The zero-order valence-corrected chi connectivity index (χ0v) is 25.5. The molecular formula is C34H36F2N2O5S. The van der Waals surface area contributed by atoms with Gasteiger partial charge < -0.3 is 14.4 Å². The molecule has 1 aliphatic carbocycles. The molecule has 0 spiro atoms. The van der Waals surface area contributed by atoms with Gasteiger partial charge in [0.25, 0.3) is 5.19 Å². The van der Waals surface area contributed by atoms with E-state index in [9.17, 15) is 23.2 Å². The van der Waals surface area contributed by atoms with Gasteiger partial charge in [-0.25, -0.2) is 13.8 Å². The number of methoxy groups -OCH3 is 1. The fraction of sp³-hybridized carbons (Fsp3) is 0.471. The van der Waals surface area contributed by atoms with Gasteiger partial charge in [0.15, 0.2) is 5.78 Å². The third kappa shape index (κ3) is 6.41. The van der Waals surface area contributed by atoms with E-state index < -0.39 is 41.1 Å². The van der Waals surface area contributed by atoms with Crippen LogP contribution in [0.2, 0.25) is 0 Å². The topological polar surface area (TPSA) is 85.8 Å². The van der Waals surface area contributed by atoms with Gasteiger partial charge in [0.2, 0.25) is 5.91 Å². The largest absolute Gasteiger partial charge is 0.469 e. The molecule has 1 saturated carbocycles. The molecule has 1 amide bonds. The van der Waals surface area contributed by atoms with Gasteiger partial charge in [0, 0.05) is 24.8 Å². The van der Waals surface area contributed by atoms with Crippen LogP contribution in [0.3, 0.4) is 0 Å². The number of fused-ring (bicyclic) bond motifs is 3. The summed E-state index contributed by atoms with van der Waals surface area (Å²) >= 11 is 1.40. The molecule has 3 aromatic rings. The van der Waals surface area contributed by atoms with Crippen molar-refractivity contribution in [1.29, 1.82) is 0 Å². The van der Waals surface area contributed by atoms with Crippen molar-refractivity contribution in [2.75, 3.05) is 13.7 Å². The van der Waals surface area contributed by atoms with Crippen LogP contribution in [0.1, 0.15) is 56.9 Å². The number of esters is 1. The molecule has 3 heterocycles. The second-order valence-electron chi connectivity index (χ2n) is 12.3. The summed E-state index contributed by atoms with van der Waals surface area (Å²) in [6, 6.07) is 10.2. The highest BCUT2D eigenvalue weighted by atomic mass is 32.1. The number of aromatic nitrogens is 1. The highest BCUT2D eigenvalue weighted by molar-refractivity contribution is 7.20. The highest BCUT2D eigenvalue weighted by Crippen LogP contribution is 2.57. The zero-order chi connectivity index (χ0) is 30.8. The quantitative estimate of drug-likeness (QED) is 0.241. The summed E-state index contributed by atoms with van der Waals surface area (Å²) in [6.07, 6.45) is 8.44. The van der Waals surface area contributed by atoms with Gasteiger partial charge in [-0.2, -0.15) is 0 Å². The van der Waals surface area contributed by atoms with Crippen LogP contribution in [-0.2, 0) is 25.5 Å². The number of carbonyl (C=O) groups excluding carboxylic acids is 3. The minimum atomic E-state index is -0.929. The number of para-hydroxylation sites is 1. The Labute approximate surface area is 259 Å². The second kappa shape index (κ2) is 12.8. The number of ether oxygens (including phenoxy) is 2. The Bertz CT molecular complexity index is 1540. The van der Waals surface area contributed by atoms with Crippen molar-refractivity contribution in [2.45, 2.75) is 69.9 Å². The summed E-state index contributed by atoms with van der Waals surface area (Å²) in [7, 11) is 1.34. The average Bonchev–Trinajstić information content (AvgIpc) is 3.31. The predicted octanol–water partition coefficient (Wildman–Crippen LogP) is 6.44. The Morgan fingerprint density at radius 1 is 1.11 bits per heavy atom. The van der Waals surface area contributed by atoms with Crippen LogP contribution < -0.4 is 4.74 Å². The molecular weight excluding hydrogens is 586 g/mol. The van der Waals surface area contributed by atoms with Crippen molar-refractivity contribution in [1.82, 2.24) is 9.88 Å². The lowest BCUT2D eigenvalue weighted by Gasteiger charge is -2.29. The lowest BCUT2D eigenvalue weighted by molar-refractivity contribution is -0.150. The Hall–Kier alpha value is -3.66. The molecule has 0 N–H and O–H groups in total. The number of thiazole rings is 1. The van der Waals surface area contributed by atoms with Crippen LogP contribution in [0, 0.1) is 28.9 Å². The van der Waals surface area contributed by atoms with E-state index >= 15 is 0 Å². The molecule has 0 unspecified atom stereocenters. The summed E-state index contributed by atoms with van der Waals surface area (Å²) in [6.45, 7) is 0.174. The van der Waals surface area contributed by atoms with E-state index in [4.69, 9.17) is 9.47 Å². The molecule has 3 aliphatic rings. The molecule has 0 radical (unpaired) electrons. The molecule has 2 fully saturated rings. The van der Waals surface area contributed by atoms with Gasteiger partial charge >= 0.3 is 5.97 Å². The van der Waals surface area contributed by atoms with E-state index in [1.54, 1.807) is 4.90 Å². The molecule has 2 aliphatic heterocycles. The first-order valence-corrected chi connectivity index (χ1v) is 16.1. The van der Waals surface area contributed by atoms with Crippen LogP contribution in [0.4, 0.5) is 8.78 Å². The minimum absolute atomic E-state index is 0.0310.